The van der Waals surface area contributed by atoms with Crippen LogP contribution in [0.1, 0.15) is 19.3 Å². The molecule has 0 spiro atoms. The molecule has 3 aromatic rings. The molecule has 1 saturated carbocycles. The van der Waals surface area contributed by atoms with Gasteiger partial charge in [-0.05, 0) is 43.5 Å². The summed E-state index contributed by atoms with van der Waals surface area (Å²) in [5.41, 5.74) is 7.43. The van der Waals surface area contributed by atoms with Gasteiger partial charge in [-0.25, -0.2) is 4.98 Å². The number of nitrogens with zero attached hydrogens (tertiary/aromatic N) is 5. The number of hydrogen-bond donors (Lipinski definition) is 2. The predicted molar refractivity (Wildman–Crippen MR) is 95.0 cm³/mol. The number of methoxy groups -OCH3 is 1. The summed E-state index contributed by atoms with van der Waals surface area (Å²) < 4.78 is 6.83. The lowest BCUT2D eigenvalue weighted by Crippen LogP contribution is -2.23. The Morgan fingerprint density at radius 2 is 2.12 bits per heavy atom. The largest absolute Gasteiger partial charge is 0.497 e. The molecule has 0 bridgehead atoms. The van der Waals surface area contributed by atoms with Crippen molar-refractivity contribution in [1.29, 1.82) is 0 Å². The van der Waals surface area contributed by atoms with E-state index >= 15 is 0 Å². The number of amides is 1. The van der Waals surface area contributed by atoms with Gasteiger partial charge in [-0.2, -0.15) is 9.67 Å². The normalized spacial score (nSPS) is 19.6. The van der Waals surface area contributed by atoms with Crippen LogP contribution in [0.4, 0.5) is 5.95 Å². The minimum Gasteiger partial charge on any atom is -0.497 e. The van der Waals surface area contributed by atoms with E-state index in [0.717, 1.165) is 24.3 Å². The quantitative estimate of drug-likeness (QED) is 0.709. The smallest absolute Gasteiger partial charge is 0.225 e. The van der Waals surface area contributed by atoms with Crippen molar-refractivity contribution >= 4 is 23.0 Å². The summed E-state index contributed by atoms with van der Waals surface area (Å²) in [6, 6.07) is 7.61. The first kappa shape index (κ1) is 16.2. The molecule has 3 N–H and O–H groups in total. The van der Waals surface area contributed by atoms with Gasteiger partial charge >= 0.3 is 0 Å². The predicted octanol–water partition coefficient (Wildman–Crippen LogP) is 1.28. The number of aromatic nitrogens is 5. The van der Waals surface area contributed by atoms with Crippen molar-refractivity contribution in [2.45, 2.75) is 25.3 Å². The number of carbonyl (C=O) groups is 1. The van der Waals surface area contributed by atoms with Crippen LogP contribution in [0, 0.1) is 5.92 Å². The van der Waals surface area contributed by atoms with Gasteiger partial charge in [-0.3, -0.25) is 4.79 Å². The fraction of sp³-hybridized carbons (Fsp3) is 0.353. The molecule has 1 fully saturated rings. The Balaban J connectivity index is 1.59. The Hall–Kier alpha value is -3.23. The standard InChI is InChI=1S/C17H19N7O2/c1-26-13-6-4-12(5-7-13)24-16-14(22-23-24)9-19-17(21-16)20-11-3-2-10(8-11)15(18)25/h4-7,9-11H,2-3,8H2,1H3,(H2,18,25)(H,19,20,21)/t10-,11-/m0/s1. The molecule has 2 aromatic heterocycles. The second-order valence-electron chi connectivity index (χ2n) is 6.36. The highest BCUT2D eigenvalue weighted by Gasteiger charge is 2.28. The van der Waals surface area contributed by atoms with Crippen molar-refractivity contribution in [1.82, 2.24) is 25.0 Å². The third-order valence-electron chi connectivity index (χ3n) is 4.68. The van der Waals surface area contributed by atoms with Gasteiger partial charge in [0.2, 0.25) is 11.9 Å². The number of rotatable bonds is 5. The van der Waals surface area contributed by atoms with E-state index in [1.165, 1.54) is 0 Å². The number of anilines is 1. The number of fused-ring (bicyclic) bond motifs is 1. The number of hydrogen-bond acceptors (Lipinski definition) is 7. The topological polar surface area (TPSA) is 121 Å². The summed E-state index contributed by atoms with van der Waals surface area (Å²) >= 11 is 0. The molecule has 9 nitrogen and oxygen atoms in total. The summed E-state index contributed by atoms with van der Waals surface area (Å²) in [6.07, 6.45) is 4.00. The summed E-state index contributed by atoms with van der Waals surface area (Å²) in [5.74, 6) is 0.931. The summed E-state index contributed by atoms with van der Waals surface area (Å²) in [5, 5.41) is 11.6. The van der Waals surface area contributed by atoms with Crippen molar-refractivity contribution in [3.63, 3.8) is 0 Å². The van der Waals surface area contributed by atoms with Gasteiger partial charge in [-0.15, -0.1) is 5.10 Å². The third kappa shape index (κ3) is 3.03. The molecule has 2 heterocycles. The van der Waals surface area contributed by atoms with Gasteiger partial charge < -0.3 is 15.8 Å². The fourth-order valence-corrected chi connectivity index (χ4v) is 3.25. The van der Waals surface area contributed by atoms with Crippen LogP contribution in [0.5, 0.6) is 5.75 Å². The van der Waals surface area contributed by atoms with Crippen LogP contribution in [-0.4, -0.2) is 44.0 Å². The summed E-state index contributed by atoms with van der Waals surface area (Å²) in [7, 11) is 1.62. The maximum Gasteiger partial charge on any atom is 0.225 e. The van der Waals surface area contributed by atoms with Gasteiger partial charge in [0.05, 0.1) is 19.0 Å². The van der Waals surface area contributed by atoms with Crippen molar-refractivity contribution < 1.29 is 9.53 Å². The van der Waals surface area contributed by atoms with Crippen LogP contribution in [0.15, 0.2) is 30.5 Å². The van der Waals surface area contributed by atoms with E-state index in [0.29, 0.717) is 23.5 Å². The number of carbonyl (C=O) groups excluding carboxylic acids is 1. The monoisotopic (exact) mass is 353 g/mol. The van der Waals surface area contributed by atoms with Crippen molar-refractivity contribution in [3.05, 3.63) is 30.5 Å². The van der Waals surface area contributed by atoms with Crippen molar-refractivity contribution in [3.8, 4) is 11.4 Å². The fourth-order valence-electron chi connectivity index (χ4n) is 3.25. The lowest BCUT2D eigenvalue weighted by molar-refractivity contribution is -0.121. The second kappa shape index (κ2) is 6.58. The van der Waals surface area contributed by atoms with Crippen LogP contribution in [0.2, 0.25) is 0 Å². The highest BCUT2D eigenvalue weighted by Crippen LogP contribution is 2.27. The van der Waals surface area contributed by atoms with Gasteiger partial charge in [0.15, 0.2) is 11.2 Å². The zero-order valence-corrected chi connectivity index (χ0v) is 14.3. The van der Waals surface area contributed by atoms with E-state index in [4.69, 9.17) is 10.5 Å². The molecule has 0 saturated heterocycles. The first-order valence-corrected chi connectivity index (χ1v) is 8.43. The van der Waals surface area contributed by atoms with Crippen LogP contribution in [0.3, 0.4) is 0 Å². The Morgan fingerprint density at radius 3 is 2.81 bits per heavy atom. The van der Waals surface area contributed by atoms with Crippen LogP contribution in [-0.2, 0) is 4.79 Å². The van der Waals surface area contributed by atoms with Gasteiger partial charge in [-0.1, -0.05) is 5.21 Å². The number of nitrogens with two attached hydrogens (primary N) is 1. The highest BCUT2D eigenvalue weighted by atomic mass is 16.5. The van der Waals surface area contributed by atoms with E-state index in [-0.39, 0.29) is 17.9 Å². The van der Waals surface area contributed by atoms with Crippen LogP contribution in [0.25, 0.3) is 16.9 Å². The molecule has 134 valence electrons. The third-order valence-corrected chi connectivity index (χ3v) is 4.68. The van der Waals surface area contributed by atoms with Crippen molar-refractivity contribution in [2.24, 2.45) is 11.7 Å². The maximum absolute atomic E-state index is 11.3. The SMILES string of the molecule is COc1ccc(-n2nnc3cnc(N[C@H]4CC[C@H](C(N)=O)C4)nc32)cc1. The van der Waals surface area contributed by atoms with E-state index in [9.17, 15) is 4.79 Å². The Bertz CT molecular complexity index is 938. The van der Waals surface area contributed by atoms with E-state index in [1.54, 1.807) is 18.0 Å². The molecule has 1 aromatic carbocycles. The number of primary amides is 1. The molecule has 2 atom stereocenters. The highest BCUT2D eigenvalue weighted by molar-refractivity contribution is 5.77. The average molecular weight is 353 g/mol. The molecule has 0 aliphatic heterocycles. The van der Waals surface area contributed by atoms with E-state index in [2.05, 4.69) is 25.6 Å². The molecule has 26 heavy (non-hydrogen) atoms. The van der Waals surface area contributed by atoms with Crippen molar-refractivity contribution in [2.75, 3.05) is 12.4 Å². The van der Waals surface area contributed by atoms with Gasteiger partial charge in [0.1, 0.15) is 5.75 Å². The first-order chi connectivity index (χ1) is 12.6. The first-order valence-electron chi connectivity index (χ1n) is 8.43. The molecular weight excluding hydrogens is 334 g/mol. The lowest BCUT2D eigenvalue weighted by Gasteiger charge is -2.12. The maximum atomic E-state index is 11.3. The zero-order valence-electron chi connectivity index (χ0n) is 14.3. The summed E-state index contributed by atoms with van der Waals surface area (Å²) in [4.78, 5) is 20.2. The second-order valence-corrected chi connectivity index (χ2v) is 6.36. The lowest BCUT2D eigenvalue weighted by atomic mass is 10.1. The average Bonchev–Trinajstić information content (AvgIpc) is 3.29. The Kier molecular flexibility index (Phi) is 4.11. The minimum absolute atomic E-state index is 0.0808. The molecule has 4 rings (SSSR count). The number of benzene rings is 1. The molecule has 0 radical (unpaired) electrons. The summed E-state index contributed by atoms with van der Waals surface area (Å²) in [6.45, 7) is 0. The number of ether oxygens (including phenoxy) is 1. The zero-order chi connectivity index (χ0) is 18.1. The molecular formula is C17H19N7O2. The molecule has 9 heteroatoms. The van der Waals surface area contributed by atoms with E-state index < -0.39 is 0 Å². The molecule has 1 aliphatic carbocycles. The van der Waals surface area contributed by atoms with Crippen LogP contribution >= 0.6 is 0 Å². The molecule has 1 aliphatic rings. The Labute approximate surface area is 149 Å². The van der Waals surface area contributed by atoms with Crippen LogP contribution < -0.4 is 15.8 Å². The molecule has 0 unspecified atom stereocenters. The number of nitrogens with one attached hydrogen (secondary N) is 1. The van der Waals surface area contributed by atoms with Gasteiger partial charge in [0.25, 0.3) is 0 Å². The molecule has 1 amide bonds. The Morgan fingerprint density at radius 1 is 1.31 bits per heavy atom. The van der Waals surface area contributed by atoms with E-state index in [1.807, 2.05) is 24.3 Å². The minimum atomic E-state index is -0.243. The van der Waals surface area contributed by atoms with Gasteiger partial charge in [0, 0.05) is 12.0 Å².